The summed E-state index contributed by atoms with van der Waals surface area (Å²) in [6.45, 7) is 5.79. The lowest BCUT2D eigenvalue weighted by atomic mass is 9.78. The largest absolute Gasteiger partial charge is 0.475 e. The summed E-state index contributed by atoms with van der Waals surface area (Å²) in [5.74, 6) is 2.09. The van der Waals surface area contributed by atoms with Gasteiger partial charge in [-0.25, -0.2) is 4.98 Å². The molecule has 0 radical (unpaired) electrons. The first-order valence-corrected chi connectivity index (χ1v) is 7.55. The Morgan fingerprint density at radius 3 is 2.55 bits per heavy atom. The molecule has 1 aromatic rings. The quantitative estimate of drug-likeness (QED) is 0.810. The van der Waals surface area contributed by atoms with E-state index in [9.17, 15) is 0 Å². The maximum Gasteiger partial charge on any atom is 0.213 e. The zero-order valence-electron chi connectivity index (χ0n) is 12.8. The molecule has 1 heterocycles. The maximum atomic E-state index is 5.47. The average Bonchev–Trinajstić information content (AvgIpc) is 2.45. The van der Waals surface area contributed by atoms with Gasteiger partial charge in [0.2, 0.25) is 5.88 Å². The van der Waals surface area contributed by atoms with Crippen LogP contribution >= 0.6 is 0 Å². The summed E-state index contributed by atoms with van der Waals surface area (Å²) in [5.41, 5.74) is 1.08. The second-order valence-electron chi connectivity index (χ2n) is 5.78. The smallest absolute Gasteiger partial charge is 0.213 e. The number of rotatable bonds is 6. The van der Waals surface area contributed by atoms with Gasteiger partial charge >= 0.3 is 0 Å². The monoisotopic (exact) mass is 278 g/mol. The van der Waals surface area contributed by atoms with Gasteiger partial charge in [-0.15, -0.1) is 0 Å². The Bertz CT molecular complexity index is 384. The summed E-state index contributed by atoms with van der Waals surface area (Å²) in [6, 6.07) is 4.50. The number of hydrogen-bond donors (Lipinski definition) is 1. The topological polar surface area (TPSA) is 43.4 Å². The minimum absolute atomic E-state index is 0.535. The lowest BCUT2D eigenvalue weighted by Crippen LogP contribution is -2.37. The molecule has 112 valence electrons. The van der Waals surface area contributed by atoms with Crippen LogP contribution in [0.5, 0.6) is 5.88 Å². The van der Waals surface area contributed by atoms with E-state index in [1.807, 2.05) is 18.3 Å². The Hall–Kier alpha value is -1.29. The van der Waals surface area contributed by atoms with E-state index < -0.39 is 0 Å². The molecule has 1 aliphatic rings. The van der Waals surface area contributed by atoms with Crippen molar-refractivity contribution in [2.24, 2.45) is 11.8 Å². The molecule has 4 nitrogen and oxygen atoms in total. The normalized spacial score (nSPS) is 26.2. The molecule has 0 saturated heterocycles. The molecule has 1 saturated carbocycles. The third kappa shape index (κ3) is 4.10. The Kier molecular flexibility index (Phi) is 5.65. The number of methoxy groups -OCH3 is 1. The van der Waals surface area contributed by atoms with Gasteiger partial charge in [0.05, 0.1) is 18.5 Å². The summed E-state index contributed by atoms with van der Waals surface area (Å²) >= 11 is 0. The van der Waals surface area contributed by atoms with Gasteiger partial charge in [0.25, 0.3) is 0 Å². The highest BCUT2D eigenvalue weighted by molar-refractivity contribution is 5.43. The van der Waals surface area contributed by atoms with Crippen LogP contribution in [0.4, 0.5) is 5.69 Å². The zero-order chi connectivity index (χ0) is 14.4. The van der Waals surface area contributed by atoms with Crippen LogP contribution in [0.3, 0.4) is 0 Å². The van der Waals surface area contributed by atoms with Crippen molar-refractivity contribution in [3.8, 4) is 5.88 Å². The van der Waals surface area contributed by atoms with Crippen molar-refractivity contribution < 1.29 is 9.47 Å². The van der Waals surface area contributed by atoms with E-state index in [4.69, 9.17) is 9.47 Å². The van der Waals surface area contributed by atoms with Crippen molar-refractivity contribution in [1.29, 1.82) is 0 Å². The molecule has 0 aromatic carbocycles. The Morgan fingerprint density at radius 1 is 1.20 bits per heavy atom. The molecule has 1 fully saturated rings. The lowest BCUT2D eigenvalue weighted by molar-refractivity contribution is 0.144. The molecule has 4 heteroatoms. The summed E-state index contributed by atoms with van der Waals surface area (Å²) in [7, 11) is 1.66. The van der Waals surface area contributed by atoms with Crippen molar-refractivity contribution in [1.82, 2.24) is 4.98 Å². The van der Waals surface area contributed by atoms with Gasteiger partial charge in [-0.05, 0) is 30.7 Å². The standard InChI is InChI=1S/C16H26N2O2/c1-12-5-4-6-13(2)16(12)18-14-7-8-15(17-11-14)20-10-9-19-3/h7-8,11-13,16,18H,4-6,9-10H2,1-3H3. The van der Waals surface area contributed by atoms with Gasteiger partial charge in [0.15, 0.2) is 0 Å². The first kappa shape index (κ1) is 15.1. The molecule has 0 aliphatic heterocycles. The molecular formula is C16H26N2O2. The van der Waals surface area contributed by atoms with Gasteiger partial charge < -0.3 is 14.8 Å². The minimum Gasteiger partial charge on any atom is -0.475 e. The first-order valence-electron chi connectivity index (χ1n) is 7.55. The van der Waals surface area contributed by atoms with E-state index in [2.05, 4.69) is 24.1 Å². The van der Waals surface area contributed by atoms with Gasteiger partial charge in [-0.1, -0.05) is 20.3 Å². The SMILES string of the molecule is COCCOc1ccc(NC2C(C)CCCC2C)cn1. The number of anilines is 1. The third-order valence-electron chi connectivity index (χ3n) is 4.15. The van der Waals surface area contributed by atoms with Crippen molar-refractivity contribution >= 4 is 5.69 Å². The molecular weight excluding hydrogens is 252 g/mol. The van der Waals surface area contributed by atoms with Gasteiger partial charge in [-0.2, -0.15) is 0 Å². The van der Waals surface area contributed by atoms with Crippen molar-refractivity contribution in [2.45, 2.75) is 39.2 Å². The highest BCUT2D eigenvalue weighted by Gasteiger charge is 2.27. The van der Waals surface area contributed by atoms with Gasteiger partial charge in [-0.3, -0.25) is 0 Å². The molecule has 2 atom stereocenters. The number of nitrogens with zero attached hydrogens (tertiary/aromatic N) is 1. The van der Waals surface area contributed by atoms with E-state index in [0.717, 1.165) is 17.5 Å². The average molecular weight is 278 g/mol. The van der Waals surface area contributed by atoms with Crippen molar-refractivity contribution in [2.75, 3.05) is 25.6 Å². The fourth-order valence-corrected chi connectivity index (χ4v) is 2.94. The molecule has 0 spiro atoms. The molecule has 2 unspecified atom stereocenters. The number of ether oxygens (including phenoxy) is 2. The summed E-state index contributed by atoms with van der Waals surface area (Å²) in [5, 5.41) is 3.63. The van der Waals surface area contributed by atoms with Crippen LogP contribution in [-0.4, -0.2) is 31.3 Å². The van der Waals surface area contributed by atoms with Gasteiger partial charge in [0.1, 0.15) is 6.61 Å². The Balaban J connectivity index is 1.89. The molecule has 1 aromatic heterocycles. The Morgan fingerprint density at radius 2 is 1.95 bits per heavy atom. The van der Waals surface area contributed by atoms with Crippen LogP contribution < -0.4 is 10.1 Å². The van der Waals surface area contributed by atoms with Crippen LogP contribution in [0.2, 0.25) is 0 Å². The summed E-state index contributed by atoms with van der Waals surface area (Å²) < 4.78 is 10.4. The Labute approximate surface area is 121 Å². The highest BCUT2D eigenvalue weighted by Crippen LogP contribution is 2.31. The van der Waals surface area contributed by atoms with Crippen molar-refractivity contribution in [3.05, 3.63) is 18.3 Å². The molecule has 1 aliphatic carbocycles. The van der Waals surface area contributed by atoms with Crippen molar-refractivity contribution in [3.63, 3.8) is 0 Å². The number of nitrogens with one attached hydrogen (secondary N) is 1. The maximum absolute atomic E-state index is 5.47. The van der Waals surface area contributed by atoms with Crippen LogP contribution in [-0.2, 0) is 4.74 Å². The summed E-state index contributed by atoms with van der Waals surface area (Å²) in [4.78, 5) is 4.33. The predicted molar refractivity (Wildman–Crippen MR) is 81.2 cm³/mol. The van der Waals surface area contributed by atoms with Gasteiger partial charge in [0, 0.05) is 19.2 Å². The van der Waals surface area contributed by atoms with E-state index in [1.54, 1.807) is 7.11 Å². The molecule has 1 N–H and O–H groups in total. The second kappa shape index (κ2) is 7.48. The van der Waals surface area contributed by atoms with Crippen LogP contribution in [0, 0.1) is 11.8 Å². The molecule has 20 heavy (non-hydrogen) atoms. The minimum atomic E-state index is 0.535. The van der Waals surface area contributed by atoms with E-state index in [1.165, 1.54) is 19.3 Å². The molecule has 0 bridgehead atoms. The van der Waals surface area contributed by atoms with E-state index in [0.29, 0.717) is 25.1 Å². The van der Waals surface area contributed by atoms with Crippen LogP contribution in [0.25, 0.3) is 0 Å². The fraction of sp³-hybridized carbons (Fsp3) is 0.688. The second-order valence-corrected chi connectivity index (χ2v) is 5.78. The van der Waals surface area contributed by atoms with Crippen LogP contribution in [0.15, 0.2) is 18.3 Å². The lowest BCUT2D eigenvalue weighted by Gasteiger charge is -2.35. The number of aromatic nitrogens is 1. The van der Waals surface area contributed by atoms with E-state index >= 15 is 0 Å². The fourth-order valence-electron chi connectivity index (χ4n) is 2.94. The number of hydrogen-bond acceptors (Lipinski definition) is 4. The first-order chi connectivity index (χ1) is 9.70. The molecule has 2 rings (SSSR count). The summed E-state index contributed by atoms with van der Waals surface area (Å²) in [6.07, 6.45) is 5.84. The predicted octanol–water partition coefficient (Wildman–Crippen LogP) is 3.34. The zero-order valence-corrected chi connectivity index (χ0v) is 12.8. The van der Waals surface area contributed by atoms with E-state index in [-0.39, 0.29) is 0 Å². The van der Waals surface area contributed by atoms with Crippen LogP contribution in [0.1, 0.15) is 33.1 Å². The third-order valence-corrected chi connectivity index (χ3v) is 4.15. The molecule has 0 amide bonds. The highest BCUT2D eigenvalue weighted by atomic mass is 16.5. The number of pyridine rings is 1.